The van der Waals surface area contributed by atoms with Crippen LogP contribution in [0.15, 0.2) is 54.6 Å². The van der Waals surface area contributed by atoms with Crippen LogP contribution in [0.2, 0.25) is 0 Å². The van der Waals surface area contributed by atoms with Crippen LogP contribution in [-0.2, 0) is 6.61 Å². The molecule has 2 aromatic carbocycles. The van der Waals surface area contributed by atoms with Crippen LogP contribution in [-0.4, -0.2) is 10.2 Å². The summed E-state index contributed by atoms with van der Waals surface area (Å²) in [6, 6.07) is 17.3. The van der Waals surface area contributed by atoms with Gasteiger partial charge in [-0.05, 0) is 17.7 Å². The zero-order valence-electron chi connectivity index (χ0n) is 9.80. The molecule has 0 N–H and O–H groups in total. The van der Waals surface area contributed by atoms with Gasteiger partial charge in [0.05, 0.1) is 9.99 Å². The van der Waals surface area contributed by atoms with Crippen molar-refractivity contribution in [3.63, 3.8) is 0 Å². The van der Waals surface area contributed by atoms with E-state index < -0.39 is 0 Å². The van der Waals surface area contributed by atoms with Gasteiger partial charge in [0.25, 0.3) is 0 Å². The fourth-order valence-corrected chi connectivity index (χ4v) is 2.04. The Morgan fingerprint density at radius 1 is 1.00 bits per heavy atom. The molecule has 0 spiro atoms. The predicted octanol–water partition coefficient (Wildman–Crippen LogP) is 3.88. The number of ketones is 1. The molecule has 0 aliphatic carbocycles. The summed E-state index contributed by atoms with van der Waals surface area (Å²) in [7, 11) is 0. The number of halogens is 1. The molecule has 0 heterocycles. The number of carbonyl (C=O) groups is 1. The first-order valence-electron chi connectivity index (χ1n) is 5.66. The molecule has 0 radical (unpaired) electrons. The number of ether oxygens (including phenoxy) is 1. The average Bonchev–Trinajstić information content (AvgIpc) is 2.45. The second-order valence-electron chi connectivity index (χ2n) is 3.83. The fraction of sp³-hybridized carbons (Fsp3) is 0.133. The van der Waals surface area contributed by atoms with E-state index in [-0.39, 0.29) is 5.78 Å². The molecule has 2 aromatic rings. The largest absolute Gasteiger partial charge is 0.488 e. The molecule has 0 aromatic heterocycles. The molecule has 2 rings (SSSR count). The first kappa shape index (κ1) is 13.1. The molecule has 0 amide bonds. The second-order valence-corrected chi connectivity index (χ2v) is 4.59. The van der Waals surface area contributed by atoms with Gasteiger partial charge in [-0.3, -0.25) is 4.79 Å². The highest BCUT2D eigenvalue weighted by atomic mass is 127. The predicted molar refractivity (Wildman–Crippen MR) is 80.4 cm³/mol. The molecule has 2 nitrogen and oxygen atoms in total. The number of Topliss-reactive ketones (excluding diaryl/α,β-unsaturated/α-hetero) is 1. The molecule has 0 aliphatic rings. The van der Waals surface area contributed by atoms with Gasteiger partial charge in [-0.1, -0.05) is 65.1 Å². The highest BCUT2D eigenvalue weighted by Crippen LogP contribution is 2.20. The fourth-order valence-electron chi connectivity index (χ4n) is 1.63. The Morgan fingerprint density at radius 3 is 2.39 bits per heavy atom. The molecule has 18 heavy (non-hydrogen) atoms. The maximum atomic E-state index is 11.8. The van der Waals surface area contributed by atoms with Crippen LogP contribution in [0.5, 0.6) is 5.75 Å². The first-order valence-corrected chi connectivity index (χ1v) is 7.18. The maximum absolute atomic E-state index is 11.8. The summed E-state index contributed by atoms with van der Waals surface area (Å²) < 4.78 is 6.18. The molecule has 0 unspecified atom stereocenters. The van der Waals surface area contributed by atoms with Gasteiger partial charge in [0.15, 0.2) is 5.78 Å². The first-order chi connectivity index (χ1) is 8.81. The maximum Gasteiger partial charge on any atom is 0.176 e. The Balaban J connectivity index is 2.12. The van der Waals surface area contributed by atoms with Crippen molar-refractivity contribution in [2.24, 2.45) is 0 Å². The van der Waals surface area contributed by atoms with Crippen LogP contribution in [0, 0.1) is 0 Å². The van der Waals surface area contributed by atoms with E-state index in [2.05, 4.69) is 22.6 Å². The van der Waals surface area contributed by atoms with E-state index in [4.69, 9.17) is 4.74 Å². The zero-order chi connectivity index (χ0) is 12.8. The smallest absolute Gasteiger partial charge is 0.176 e. The van der Waals surface area contributed by atoms with E-state index in [1.807, 2.05) is 48.5 Å². The highest BCUT2D eigenvalue weighted by Gasteiger charge is 2.10. The van der Waals surface area contributed by atoms with E-state index in [1.165, 1.54) is 0 Å². The second kappa shape index (κ2) is 6.54. The number of rotatable bonds is 5. The molecule has 0 bridgehead atoms. The van der Waals surface area contributed by atoms with Crippen molar-refractivity contribution in [3.05, 3.63) is 65.7 Å². The number of hydrogen-bond acceptors (Lipinski definition) is 2. The summed E-state index contributed by atoms with van der Waals surface area (Å²) in [5.74, 6) is 0.752. The standard InChI is InChI=1S/C15H13IO2/c16-10-14(17)13-8-4-5-9-15(13)18-11-12-6-2-1-3-7-12/h1-9H,10-11H2. The number of para-hydroxylation sites is 1. The summed E-state index contributed by atoms with van der Waals surface area (Å²) in [6.07, 6.45) is 0. The molecule has 0 atom stereocenters. The zero-order valence-corrected chi connectivity index (χ0v) is 12.0. The Labute approximate surface area is 120 Å². The van der Waals surface area contributed by atoms with Crippen molar-refractivity contribution in [1.82, 2.24) is 0 Å². The molecular formula is C15H13IO2. The van der Waals surface area contributed by atoms with E-state index in [0.717, 1.165) is 5.56 Å². The lowest BCUT2D eigenvalue weighted by molar-refractivity contribution is 0.102. The van der Waals surface area contributed by atoms with Gasteiger partial charge in [-0.25, -0.2) is 0 Å². The number of alkyl halides is 1. The Kier molecular flexibility index (Phi) is 4.75. The summed E-state index contributed by atoms with van der Waals surface area (Å²) in [5, 5.41) is 0. The van der Waals surface area contributed by atoms with Crippen LogP contribution in [0.4, 0.5) is 0 Å². The van der Waals surface area contributed by atoms with Crippen molar-refractivity contribution in [3.8, 4) is 5.75 Å². The van der Waals surface area contributed by atoms with E-state index >= 15 is 0 Å². The number of hydrogen-bond donors (Lipinski definition) is 0. The van der Waals surface area contributed by atoms with Gasteiger partial charge < -0.3 is 4.74 Å². The van der Waals surface area contributed by atoms with Gasteiger partial charge in [0.1, 0.15) is 12.4 Å². The molecule has 0 aliphatic heterocycles. The Hall–Kier alpha value is -1.36. The SMILES string of the molecule is O=C(CI)c1ccccc1OCc1ccccc1. The van der Waals surface area contributed by atoms with Crippen molar-refractivity contribution in [2.75, 3.05) is 4.43 Å². The Bertz CT molecular complexity index is 523. The topological polar surface area (TPSA) is 26.3 Å². The van der Waals surface area contributed by atoms with E-state index in [0.29, 0.717) is 22.3 Å². The minimum Gasteiger partial charge on any atom is -0.488 e. The lowest BCUT2D eigenvalue weighted by Gasteiger charge is -2.09. The van der Waals surface area contributed by atoms with E-state index in [1.54, 1.807) is 6.07 Å². The van der Waals surface area contributed by atoms with Gasteiger partial charge in [-0.2, -0.15) is 0 Å². The monoisotopic (exact) mass is 352 g/mol. The van der Waals surface area contributed by atoms with Crippen molar-refractivity contribution in [1.29, 1.82) is 0 Å². The highest BCUT2D eigenvalue weighted by molar-refractivity contribution is 14.1. The molecule has 92 valence electrons. The van der Waals surface area contributed by atoms with Crippen LogP contribution in [0.3, 0.4) is 0 Å². The summed E-state index contributed by atoms with van der Waals surface area (Å²) in [4.78, 5) is 11.8. The van der Waals surface area contributed by atoms with Crippen LogP contribution in [0.25, 0.3) is 0 Å². The quantitative estimate of drug-likeness (QED) is 0.464. The van der Waals surface area contributed by atoms with Gasteiger partial charge in [-0.15, -0.1) is 0 Å². The lowest BCUT2D eigenvalue weighted by Crippen LogP contribution is -2.04. The van der Waals surface area contributed by atoms with Crippen LogP contribution in [0.1, 0.15) is 15.9 Å². The number of benzene rings is 2. The molecule has 0 saturated heterocycles. The number of carbonyl (C=O) groups excluding carboxylic acids is 1. The summed E-state index contributed by atoms with van der Waals surface area (Å²) in [5.41, 5.74) is 1.75. The molecule has 3 heteroatoms. The van der Waals surface area contributed by atoms with E-state index in [9.17, 15) is 4.79 Å². The third-order valence-electron chi connectivity index (χ3n) is 2.55. The molecular weight excluding hydrogens is 339 g/mol. The van der Waals surface area contributed by atoms with Crippen molar-refractivity contribution in [2.45, 2.75) is 6.61 Å². The average molecular weight is 352 g/mol. The minimum absolute atomic E-state index is 0.0965. The minimum atomic E-state index is 0.0965. The normalized spacial score (nSPS) is 10.1. The van der Waals surface area contributed by atoms with Crippen LogP contribution >= 0.6 is 22.6 Å². The lowest BCUT2D eigenvalue weighted by atomic mass is 10.1. The van der Waals surface area contributed by atoms with Crippen LogP contribution < -0.4 is 4.74 Å². The summed E-state index contributed by atoms with van der Waals surface area (Å²) in [6.45, 7) is 0.479. The Morgan fingerprint density at radius 2 is 1.67 bits per heavy atom. The van der Waals surface area contributed by atoms with Gasteiger partial charge in [0, 0.05) is 0 Å². The van der Waals surface area contributed by atoms with Crippen molar-refractivity contribution >= 4 is 28.4 Å². The van der Waals surface area contributed by atoms with Gasteiger partial charge >= 0.3 is 0 Å². The molecule has 0 saturated carbocycles. The van der Waals surface area contributed by atoms with Gasteiger partial charge in [0.2, 0.25) is 0 Å². The third-order valence-corrected chi connectivity index (χ3v) is 3.24. The summed E-state index contributed by atoms with van der Waals surface area (Å²) >= 11 is 2.07. The molecule has 0 fully saturated rings. The third kappa shape index (κ3) is 3.32. The van der Waals surface area contributed by atoms with Crippen molar-refractivity contribution < 1.29 is 9.53 Å².